The molecule has 10 heteroatoms. The molecule has 8 nitrogen and oxygen atoms in total. The first-order valence-corrected chi connectivity index (χ1v) is 48.2. The Morgan fingerprint density at radius 2 is 0.551 bits per heavy atom. The Balaban J connectivity index is 0.720. The molecule has 0 N–H and O–H groups in total. The van der Waals surface area contributed by atoms with E-state index in [0.717, 1.165) is 201 Å². The Bertz CT molecular complexity index is 8610. The number of furan rings is 2. The monoisotopic (exact) mass is 1780 g/mol. The van der Waals surface area contributed by atoms with E-state index in [-0.39, 0.29) is 8.97 Å². The summed E-state index contributed by atoms with van der Waals surface area (Å²) in [4.78, 5) is 9.85. The summed E-state index contributed by atoms with van der Waals surface area (Å²) >= 11 is 3.71. The van der Waals surface area contributed by atoms with E-state index in [2.05, 4.69) is 496 Å². The fourth-order valence-electron chi connectivity index (χ4n) is 22.5. The van der Waals surface area contributed by atoms with E-state index in [1.807, 2.05) is 22.7 Å². The van der Waals surface area contributed by atoms with E-state index < -0.39 is 0 Å². The fourth-order valence-corrected chi connectivity index (χ4v) is 24.7. The van der Waals surface area contributed by atoms with Gasteiger partial charge in [0.15, 0.2) is 22.7 Å². The molecule has 25 aromatic rings. The van der Waals surface area contributed by atoms with Gasteiger partial charge in [-0.25, -0.2) is 0 Å². The highest BCUT2D eigenvalue weighted by molar-refractivity contribution is 7.26. The van der Waals surface area contributed by atoms with Crippen LogP contribution in [0.15, 0.2) is 458 Å². The molecule has 2 aliphatic heterocycles. The highest BCUT2D eigenvalue weighted by Gasteiger charge is 2.52. The van der Waals surface area contributed by atoms with E-state index in [9.17, 15) is 0 Å². The Labute approximate surface area is 794 Å². The molecule has 0 radical (unpaired) electrons. The Morgan fingerprint density at radius 3 is 0.949 bits per heavy atom. The van der Waals surface area contributed by atoms with Gasteiger partial charge in [0.1, 0.15) is 67.8 Å². The van der Waals surface area contributed by atoms with Crippen LogP contribution in [0.25, 0.3) is 128 Å². The van der Waals surface area contributed by atoms with Gasteiger partial charge in [-0.15, -0.1) is 22.7 Å². The van der Waals surface area contributed by atoms with Crippen molar-refractivity contribution in [2.24, 2.45) is 0 Å². The molecule has 21 aromatic carbocycles. The third-order valence-electron chi connectivity index (χ3n) is 28.4. The molecule has 0 bridgehead atoms. The molecule has 2 aliphatic rings. The van der Waals surface area contributed by atoms with Crippen molar-refractivity contribution in [3.05, 3.63) is 471 Å². The third kappa shape index (κ3) is 12.2. The lowest BCUT2D eigenvalue weighted by Crippen LogP contribution is -2.38. The number of hydrogen-bond donors (Lipinski definition) is 0. The molecular weight excluding hydrogens is 1690 g/mol. The lowest BCUT2D eigenvalue weighted by molar-refractivity contribution is 0.665. The summed E-state index contributed by atoms with van der Waals surface area (Å²) in [6.07, 6.45) is 0. The van der Waals surface area contributed by atoms with Crippen LogP contribution < -0.4 is 28.6 Å². The van der Waals surface area contributed by atoms with Crippen molar-refractivity contribution in [1.82, 2.24) is 8.97 Å². The van der Waals surface area contributed by atoms with E-state index in [1.54, 1.807) is 0 Å². The summed E-state index contributed by atoms with van der Waals surface area (Å²) in [5, 5.41) is 13.6. The number of rotatable bonds is 14. The molecule has 0 aliphatic carbocycles. The quantitative estimate of drug-likeness (QED) is 0.0798. The number of quaternary nitrogens is 2. The predicted molar refractivity (Wildman–Crippen MR) is 578 cm³/mol. The Kier molecular flexibility index (Phi) is 18.0. The zero-order chi connectivity index (χ0) is 90.2. The molecule has 0 amide bonds. The molecule has 0 fully saturated rings. The standard InChI is InChI=1S/C126H86N6O2S2/c1-79-27-23-31-87(67-79)127(88-32-24-28-80(2)68-88)85-53-59-95(60-54-85)131(93-35-7-5-8-36-93)113-45-17-15-43-109(113)129(111-77-119-103(75-115(111)131)97-39-11-19-47-117(97)133-119)91-57-63-101-107(73-91)125(83-51-65-123-105(71-83)99-41-13-21-49-121(99)135-123)102-64-58-92(74-108(102)126(101)84-52-66-124-106(72-84)100-42-14-22-50-122(100)136-124)130-110-44-16-18-46-114(110)132(94-37-9-6-10-38-94,116-76-104-98-40-12-20-48-118(98)134-120(104)78-112(116)130)96-61-55-86(56-62-96)128(89-33-25-29-81(3)69-89)90-34-26-30-82(4)70-90/h5-78H,1-4H3/q+2. The van der Waals surface area contributed by atoms with Gasteiger partial charge in [0.2, 0.25) is 0 Å². The smallest absolute Gasteiger partial charge is 0.173 e. The molecule has 6 heterocycles. The summed E-state index contributed by atoms with van der Waals surface area (Å²) < 4.78 is 19.8. The van der Waals surface area contributed by atoms with Crippen molar-refractivity contribution in [1.29, 1.82) is 0 Å². The van der Waals surface area contributed by atoms with Gasteiger partial charge in [-0.1, -0.05) is 206 Å². The van der Waals surface area contributed by atoms with Gasteiger partial charge in [0.05, 0.1) is 0 Å². The molecule has 642 valence electrons. The molecule has 136 heavy (non-hydrogen) atoms. The number of thiophene rings is 2. The van der Waals surface area contributed by atoms with Gasteiger partial charge < -0.3 is 18.6 Å². The van der Waals surface area contributed by atoms with E-state index in [0.29, 0.717) is 0 Å². The largest absolute Gasteiger partial charge is 0.456 e. The number of anilines is 12. The number of fused-ring (bicyclic) bond motifs is 18. The van der Waals surface area contributed by atoms with Crippen LogP contribution in [0.1, 0.15) is 22.3 Å². The minimum absolute atomic E-state index is 0.259. The number of nitrogens with zero attached hydrogens (tertiary/aromatic N) is 6. The summed E-state index contributed by atoms with van der Waals surface area (Å²) in [5.41, 5.74) is 33.7. The van der Waals surface area contributed by atoms with Crippen LogP contribution in [-0.2, 0) is 0 Å². The second-order valence-corrected chi connectivity index (χ2v) is 38.6. The number of benzene rings is 21. The first kappa shape index (κ1) is 79.1. The predicted octanol–water partition coefficient (Wildman–Crippen LogP) is 38.2. The van der Waals surface area contributed by atoms with Crippen LogP contribution in [0, 0.1) is 27.7 Å². The third-order valence-corrected chi connectivity index (χ3v) is 30.7. The topological polar surface area (TPSA) is 39.2 Å². The summed E-state index contributed by atoms with van der Waals surface area (Å²) in [6, 6.07) is 168. The first-order valence-electron chi connectivity index (χ1n) is 46.6. The van der Waals surface area contributed by atoms with Crippen molar-refractivity contribution in [3.8, 4) is 22.3 Å². The van der Waals surface area contributed by atoms with Crippen molar-refractivity contribution in [3.63, 3.8) is 0 Å². The van der Waals surface area contributed by atoms with Gasteiger partial charge in [-0.2, -0.15) is 8.97 Å². The normalized spacial score (nSPS) is 14.6. The van der Waals surface area contributed by atoms with Crippen LogP contribution >= 0.6 is 22.7 Å². The summed E-state index contributed by atoms with van der Waals surface area (Å²) in [6.45, 7) is 8.69. The zero-order valence-corrected chi connectivity index (χ0v) is 76.7. The lowest BCUT2D eigenvalue weighted by atomic mass is 9.84. The Hall–Kier alpha value is -16.7. The average Bonchev–Trinajstić information content (AvgIpc) is 0.725. The number of aryl methyl sites for hydroxylation is 4. The minimum atomic E-state index is 0.259. The molecule has 27 rings (SSSR count). The van der Waals surface area contributed by atoms with Gasteiger partial charge in [-0.05, 0) is 251 Å². The summed E-state index contributed by atoms with van der Waals surface area (Å²) in [7, 11) is 0. The molecule has 2 atom stereocenters. The molecule has 4 aromatic heterocycles. The van der Waals surface area contributed by atoms with E-state index >= 15 is 0 Å². The molecular formula is C126H86N6O2S2+2. The number of para-hydroxylation sites is 8. The molecule has 0 saturated heterocycles. The highest BCUT2D eigenvalue weighted by atomic mass is 32.1. The van der Waals surface area contributed by atoms with Crippen LogP contribution in [-0.4, -0.2) is 0 Å². The van der Waals surface area contributed by atoms with Crippen molar-refractivity contribution in [2.75, 3.05) is 19.6 Å². The molecule has 0 spiro atoms. The lowest BCUT2D eigenvalue weighted by Gasteiger charge is -2.45. The van der Waals surface area contributed by atoms with Crippen molar-refractivity contribution >= 4 is 242 Å². The van der Waals surface area contributed by atoms with Gasteiger partial charge in [0, 0.05) is 192 Å². The van der Waals surface area contributed by atoms with Crippen LogP contribution in [0.3, 0.4) is 0 Å². The van der Waals surface area contributed by atoms with Gasteiger partial charge in [0.25, 0.3) is 0 Å². The van der Waals surface area contributed by atoms with Crippen molar-refractivity contribution in [2.45, 2.75) is 27.7 Å². The highest BCUT2D eigenvalue weighted by Crippen LogP contribution is 2.68. The summed E-state index contributed by atoms with van der Waals surface area (Å²) in [5.74, 6) is 0. The average molecular weight is 1780 g/mol. The van der Waals surface area contributed by atoms with Crippen molar-refractivity contribution < 1.29 is 8.83 Å². The second-order valence-electron chi connectivity index (χ2n) is 36.4. The Morgan fingerprint density at radius 1 is 0.206 bits per heavy atom. The molecule has 0 saturated carbocycles. The van der Waals surface area contributed by atoms with Crippen LogP contribution in [0.4, 0.5) is 114 Å². The van der Waals surface area contributed by atoms with Crippen LogP contribution in [0.5, 0.6) is 0 Å². The van der Waals surface area contributed by atoms with Gasteiger partial charge in [-0.3, -0.25) is 9.80 Å². The SMILES string of the molecule is Cc1cccc(N(c2ccc([N+]3(c4ccccc4)c4ccccc4N(c4ccc5c(-c6ccc7sc8ccccc8c7c6)c6cc(N7c8ccccc8[N+](c8ccccc8)(c8ccc(N(c9cccc(C)c9)c9cccc(C)c9)cc8)c8cc9c(cc87)oc7ccccc79)ccc6c(-c6ccc7sc8ccccc8c7c6)c5c4)c4cc5oc6ccccc6c5cc43)cc2)c2cccc(C)c2)c1. The minimum Gasteiger partial charge on any atom is -0.456 e. The maximum Gasteiger partial charge on any atom is 0.173 e. The zero-order valence-electron chi connectivity index (χ0n) is 75.0. The second kappa shape index (κ2) is 31.0. The molecule has 2 unspecified atom stereocenters. The van der Waals surface area contributed by atoms with E-state index in [4.69, 9.17) is 8.83 Å². The fraction of sp³-hybridized carbons (Fsp3) is 0.0317. The maximum absolute atomic E-state index is 7.15. The maximum atomic E-state index is 7.15. The van der Waals surface area contributed by atoms with Crippen LogP contribution in [0.2, 0.25) is 0 Å². The van der Waals surface area contributed by atoms with E-state index in [1.165, 1.54) is 62.6 Å². The number of hydrogen-bond acceptors (Lipinski definition) is 8. The van der Waals surface area contributed by atoms with Gasteiger partial charge >= 0.3 is 0 Å². The first-order chi connectivity index (χ1) is 67.0.